The van der Waals surface area contributed by atoms with E-state index in [1.165, 1.54) is 10.5 Å². The quantitative estimate of drug-likeness (QED) is 0.782. The second-order valence-corrected chi connectivity index (χ2v) is 5.81. The van der Waals surface area contributed by atoms with Crippen LogP contribution < -0.4 is 0 Å². The number of likely N-dealkylation sites (N-methyl/N-ethyl adjacent to an activating group) is 1. The molecule has 0 N–H and O–H groups in total. The van der Waals surface area contributed by atoms with Gasteiger partial charge in [0.25, 0.3) is 0 Å². The second-order valence-electron chi connectivity index (χ2n) is 5.81. The molecule has 0 unspecified atom stereocenters. The van der Waals surface area contributed by atoms with Crippen LogP contribution in [0.3, 0.4) is 0 Å². The summed E-state index contributed by atoms with van der Waals surface area (Å²) in [6, 6.07) is 9.95. The Morgan fingerprint density at radius 3 is 2.32 bits per heavy atom. The number of benzene rings is 1. The van der Waals surface area contributed by atoms with Gasteiger partial charge in [-0.3, -0.25) is 19.4 Å². The average molecular weight is 299 g/mol. The van der Waals surface area contributed by atoms with E-state index in [4.69, 9.17) is 0 Å². The SMILES string of the molecule is CN1C(=O)C[C@H](N2CCN(C=Cc3ccccc3)CC2)C1=O. The van der Waals surface area contributed by atoms with E-state index in [2.05, 4.69) is 34.2 Å². The molecular formula is C17H21N3O2. The summed E-state index contributed by atoms with van der Waals surface area (Å²) in [5, 5.41) is 0. The van der Waals surface area contributed by atoms with Gasteiger partial charge in [-0.15, -0.1) is 0 Å². The van der Waals surface area contributed by atoms with E-state index >= 15 is 0 Å². The third-order valence-electron chi connectivity index (χ3n) is 4.42. The Morgan fingerprint density at radius 1 is 1.05 bits per heavy atom. The molecule has 2 amide bonds. The molecule has 0 spiro atoms. The fourth-order valence-corrected chi connectivity index (χ4v) is 2.98. The minimum absolute atomic E-state index is 0.0572. The van der Waals surface area contributed by atoms with E-state index in [-0.39, 0.29) is 17.9 Å². The minimum atomic E-state index is -0.252. The first-order valence-corrected chi connectivity index (χ1v) is 7.67. The topological polar surface area (TPSA) is 43.9 Å². The molecule has 2 saturated heterocycles. The molecule has 22 heavy (non-hydrogen) atoms. The Hall–Kier alpha value is -2.14. The van der Waals surface area contributed by atoms with E-state index < -0.39 is 0 Å². The lowest BCUT2D eigenvalue weighted by Crippen LogP contribution is -2.50. The van der Waals surface area contributed by atoms with E-state index in [1.54, 1.807) is 7.05 Å². The molecule has 0 aliphatic carbocycles. The van der Waals surface area contributed by atoms with Crippen LogP contribution in [0.2, 0.25) is 0 Å². The van der Waals surface area contributed by atoms with Gasteiger partial charge in [0, 0.05) is 33.2 Å². The van der Waals surface area contributed by atoms with Gasteiger partial charge in [-0.2, -0.15) is 0 Å². The van der Waals surface area contributed by atoms with Gasteiger partial charge in [-0.05, 0) is 17.8 Å². The van der Waals surface area contributed by atoms with Crippen LogP contribution in [-0.4, -0.2) is 65.8 Å². The maximum atomic E-state index is 12.0. The third-order valence-corrected chi connectivity index (χ3v) is 4.42. The molecule has 0 saturated carbocycles. The number of imide groups is 1. The van der Waals surface area contributed by atoms with Crippen LogP contribution in [0.5, 0.6) is 0 Å². The highest BCUT2D eigenvalue weighted by Gasteiger charge is 2.40. The van der Waals surface area contributed by atoms with Crippen molar-refractivity contribution in [2.75, 3.05) is 33.2 Å². The molecule has 2 fully saturated rings. The molecule has 5 nitrogen and oxygen atoms in total. The third kappa shape index (κ3) is 3.04. The van der Waals surface area contributed by atoms with Crippen LogP contribution in [0, 0.1) is 0 Å². The van der Waals surface area contributed by atoms with Crippen molar-refractivity contribution in [3.63, 3.8) is 0 Å². The van der Waals surface area contributed by atoms with Crippen molar-refractivity contribution in [2.45, 2.75) is 12.5 Å². The largest absolute Gasteiger partial charge is 0.375 e. The molecule has 5 heteroatoms. The van der Waals surface area contributed by atoms with Crippen LogP contribution in [0.25, 0.3) is 6.08 Å². The van der Waals surface area contributed by atoms with Crippen LogP contribution >= 0.6 is 0 Å². The van der Waals surface area contributed by atoms with Gasteiger partial charge in [0.2, 0.25) is 11.8 Å². The highest BCUT2D eigenvalue weighted by atomic mass is 16.2. The van der Waals surface area contributed by atoms with Gasteiger partial charge in [-0.25, -0.2) is 0 Å². The molecule has 1 atom stereocenters. The molecule has 2 aliphatic rings. The maximum Gasteiger partial charge on any atom is 0.246 e. The second kappa shape index (κ2) is 6.32. The van der Waals surface area contributed by atoms with Crippen LogP contribution in [0.15, 0.2) is 36.5 Å². The number of piperazine rings is 1. The first kappa shape index (κ1) is 14.8. The number of carbonyl (C=O) groups excluding carboxylic acids is 2. The Labute approximate surface area is 130 Å². The van der Waals surface area contributed by atoms with Crippen molar-refractivity contribution < 1.29 is 9.59 Å². The van der Waals surface area contributed by atoms with Gasteiger partial charge in [-0.1, -0.05) is 30.3 Å². The van der Waals surface area contributed by atoms with Crippen LogP contribution in [-0.2, 0) is 9.59 Å². The van der Waals surface area contributed by atoms with Gasteiger partial charge >= 0.3 is 0 Å². The number of amides is 2. The number of hydrogen-bond acceptors (Lipinski definition) is 4. The molecule has 1 aromatic carbocycles. The lowest BCUT2D eigenvalue weighted by atomic mass is 10.1. The van der Waals surface area contributed by atoms with Crippen LogP contribution in [0.4, 0.5) is 0 Å². The summed E-state index contributed by atoms with van der Waals surface area (Å²) >= 11 is 0. The first-order chi connectivity index (χ1) is 10.6. The van der Waals surface area contributed by atoms with Crippen molar-refractivity contribution in [2.24, 2.45) is 0 Å². The van der Waals surface area contributed by atoms with Crippen LogP contribution in [0.1, 0.15) is 12.0 Å². The number of rotatable bonds is 3. The molecule has 116 valence electrons. The summed E-state index contributed by atoms with van der Waals surface area (Å²) in [4.78, 5) is 29.3. The summed E-state index contributed by atoms with van der Waals surface area (Å²) in [6.45, 7) is 3.39. The summed E-state index contributed by atoms with van der Waals surface area (Å²) in [5.74, 6) is -0.125. The zero-order valence-electron chi connectivity index (χ0n) is 12.8. The molecular weight excluding hydrogens is 278 g/mol. The van der Waals surface area contributed by atoms with Crippen molar-refractivity contribution >= 4 is 17.9 Å². The normalized spacial score (nSPS) is 23.8. The molecule has 2 heterocycles. The highest BCUT2D eigenvalue weighted by molar-refractivity contribution is 6.05. The Morgan fingerprint density at radius 2 is 1.73 bits per heavy atom. The summed E-state index contributed by atoms with van der Waals surface area (Å²) in [6.07, 6.45) is 4.54. The first-order valence-electron chi connectivity index (χ1n) is 7.67. The maximum absolute atomic E-state index is 12.0. The summed E-state index contributed by atoms with van der Waals surface area (Å²) in [7, 11) is 1.57. The van der Waals surface area contributed by atoms with Gasteiger partial charge in [0.15, 0.2) is 0 Å². The Kier molecular flexibility index (Phi) is 4.24. The predicted molar refractivity (Wildman–Crippen MR) is 84.8 cm³/mol. The molecule has 1 aromatic rings. The number of likely N-dealkylation sites (tertiary alicyclic amines) is 1. The van der Waals surface area contributed by atoms with E-state index in [0.29, 0.717) is 6.42 Å². The predicted octanol–water partition coefficient (Wildman–Crippen LogP) is 1.03. The van der Waals surface area contributed by atoms with Crippen molar-refractivity contribution in [1.29, 1.82) is 0 Å². The number of carbonyl (C=O) groups is 2. The lowest BCUT2D eigenvalue weighted by Gasteiger charge is -2.36. The van der Waals surface area contributed by atoms with E-state index in [9.17, 15) is 9.59 Å². The minimum Gasteiger partial charge on any atom is -0.375 e. The zero-order chi connectivity index (χ0) is 15.5. The van der Waals surface area contributed by atoms with Gasteiger partial charge in [0.1, 0.15) is 0 Å². The molecule has 0 radical (unpaired) electrons. The average Bonchev–Trinajstić information content (AvgIpc) is 2.82. The molecule has 3 rings (SSSR count). The lowest BCUT2D eigenvalue weighted by molar-refractivity contribution is -0.138. The van der Waals surface area contributed by atoms with Gasteiger partial charge < -0.3 is 4.90 Å². The fraction of sp³-hybridized carbons (Fsp3) is 0.412. The van der Waals surface area contributed by atoms with Crippen molar-refractivity contribution in [3.8, 4) is 0 Å². The Balaban J connectivity index is 1.54. The monoisotopic (exact) mass is 299 g/mol. The molecule has 0 aromatic heterocycles. The molecule has 0 bridgehead atoms. The zero-order valence-corrected chi connectivity index (χ0v) is 12.8. The van der Waals surface area contributed by atoms with Gasteiger partial charge in [0.05, 0.1) is 12.5 Å². The highest BCUT2D eigenvalue weighted by Crippen LogP contribution is 2.19. The summed E-state index contributed by atoms with van der Waals surface area (Å²) < 4.78 is 0. The molecule has 2 aliphatic heterocycles. The smallest absolute Gasteiger partial charge is 0.246 e. The fourth-order valence-electron chi connectivity index (χ4n) is 2.98. The number of hydrogen-bond donors (Lipinski definition) is 0. The standard InChI is InChI=1S/C17H21N3O2/c1-18-16(21)13-15(17(18)22)20-11-9-19(10-12-20)8-7-14-5-3-2-4-6-14/h2-8,15H,9-13H2,1H3/t15-/m0/s1. The van der Waals surface area contributed by atoms with Crippen molar-refractivity contribution in [3.05, 3.63) is 42.1 Å². The van der Waals surface area contributed by atoms with Crippen molar-refractivity contribution in [1.82, 2.24) is 14.7 Å². The van der Waals surface area contributed by atoms with E-state index in [1.807, 2.05) is 18.2 Å². The van der Waals surface area contributed by atoms with E-state index in [0.717, 1.165) is 26.2 Å². The Bertz CT molecular complexity index is 577. The summed E-state index contributed by atoms with van der Waals surface area (Å²) in [5.41, 5.74) is 1.18. The number of nitrogens with zero attached hydrogens (tertiary/aromatic N) is 3.